The van der Waals surface area contributed by atoms with Gasteiger partial charge < -0.3 is 26.6 Å². The normalized spacial score (nSPS) is 9.76. The second-order valence-electron chi connectivity index (χ2n) is 4.38. The minimum absolute atomic E-state index is 0. The van der Waals surface area contributed by atoms with Crippen molar-refractivity contribution in [3.63, 3.8) is 0 Å². The molecule has 2 aromatic carbocycles. The largest absolute Gasteiger partial charge is 0.489 e. The Morgan fingerprint density at radius 3 is 2.57 bits per heavy atom. The van der Waals surface area contributed by atoms with Gasteiger partial charge in [0.15, 0.2) is 0 Å². The molecule has 5 nitrogen and oxygen atoms in total. The van der Waals surface area contributed by atoms with E-state index in [2.05, 4.69) is 5.32 Å². The Morgan fingerprint density at radius 1 is 1.10 bits per heavy atom. The molecule has 114 valence electrons. The fourth-order valence-electron chi connectivity index (χ4n) is 1.85. The lowest BCUT2D eigenvalue weighted by Crippen LogP contribution is -2.07. The van der Waals surface area contributed by atoms with Crippen LogP contribution in [0.2, 0.25) is 0 Å². The minimum Gasteiger partial charge on any atom is -0.489 e. The van der Waals surface area contributed by atoms with Crippen molar-refractivity contribution in [2.24, 2.45) is 0 Å². The van der Waals surface area contributed by atoms with Crippen molar-refractivity contribution in [3.8, 4) is 5.75 Å². The number of para-hydroxylation sites is 1. The minimum atomic E-state index is -0.0323. The summed E-state index contributed by atoms with van der Waals surface area (Å²) in [6, 6.07) is 13.0. The standard InChI is InChI=1S/C15H19N3O2.ClH/c16-12-5-6-15(20-8-7-19)14(9-12)18-10-11-3-1-2-4-13(11)17;/h1-6,9,18-19H,7-8,10,16-17H2;1H. The molecule has 0 aromatic heterocycles. The quantitative estimate of drug-likeness (QED) is 0.614. The fourth-order valence-corrected chi connectivity index (χ4v) is 1.85. The van der Waals surface area contributed by atoms with Crippen LogP contribution in [0.3, 0.4) is 0 Å². The highest BCUT2D eigenvalue weighted by atomic mass is 35.5. The van der Waals surface area contributed by atoms with Gasteiger partial charge in [-0.05, 0) is 29.8 Å². The molecule has 0 spiro atoms. The molecule has 0 aliphatic carbocycles. The second-order valence-corrected chi connectivity index (χ2v) is 4.38. The van der Waals surface area contributed by atoms with Gasteiger partial charge in [-0.2, -0.15) is 0 Å². The third-order valence-corrected chi connectivity index (χ3v) is 2.88. The maximum absolute atomic E-state index is 8.83. The number of hydrogen-bond acceptors (Lipinski definition) is 5. The molecular weight excluding hydrogens is 290 g/mol. The van der Waals surface area contributed by atoms with Crippen LogP contribution in [0.15, 0.2) is 42.5 Å². The van der Waals surface area contributed by atoms with Gasteiger partial charge in [0, 0.05) is 17.9 Å². The third-order valence-electron chi connectivity index (χ3n) is 2.88. The fraction of sp³-hybridized carbons (Fsp3) is 0.200. The van der Waals surface area contributed by atoms with Crippen molar-refractivity contribution in [2.75, 3.05) is 30.0 Å². The van der Waals surface area contributed by atoms with E-state index in [1.54, 1.807) is 18.2 Å². The van der Waals surface area contributed by atoms with Crippen LogP contribution in [0, 0.1) is 0 Å². The van der Waals surface area contributed by atoms with Crippen molar-refractivity contribution in [1.29, 1.82) is 0 Å². The molecule has 0 aliphatic heterocycles. The summed E-state index contributed by atoms with van der Waals surface area (Å²) in [5, 5.41) is 12.1. The van der Waals surface area contributed by atoms with Gasteiger partial charge >= 0.3 is 0 Å². The van der Waals surface area contributed by atoms with Gasteiger partial charge in [0.1, 0.15) is 12.4 Å². The van der Waals surface area contributed by atoms with Crippen molar-refractivity contribution in [3.05, 3.63) is 48.0 Å². The summed E-state index contributed by atoms with van der Waals surface area (Å²) in [6.45, 7) is 0.785. The average Bonchev–Trinajstić information content (AvgIpc) is 2.45. The van der Waals surface area contributed by atoms with E-state index in [0.29, 0.717) is 18.0 Å². The lowest BCUT2D eigenvalue weighted by molar-refractivity contribution is 0.202. The molecule has 0 unspecified atom stereocenters. The van der Waals surface area contributed by atoms with Crippen molar-refractivity contribution in [1.82, 2.24) is 0 Å². The second kappa shape index (κ2) is 8.24. The molecule has 2 rings (SSSR count). The van der Waals surface area contributed by atoms with E-state index in [4.69, 9.17) is 21.3 Å². The van der Waals surface area contributed by atoms with Crippen molar-refractivity contribution in [2.45, 2.75) is 6.54 Å². The Morgan fingerprint density at radius 2 is 1.86 bits per heavy atom. The van der Waals surface area contributed by atoms with Crippen LogP contribution in [0.4, 0.5) is 17.1 Å². The Hall–Kier alpha value is -2.11. The number of hydrogen-bond donors (Lipinski definition) is 4. The first-order valence-corrected chi connectivity index (χ1v) is 6.41. The van der Waals surface area contributed by atoms with Crippen LogP contribution >= 0.6 is 12.4 Å². The van der Waals surface area contributed by atoms with Crippen molar-refractivity contribution >= 4 is 29.5 Å². The average molecular weight is 310 g/mol. The molecule has 0 saturated carbocycles. The Labute approximate surface area is 130 Å². The van der Waals surface area contributed by atoms with Crippen LogP contribution in [0.25, 0.3) is 0 Å². The molecule has 0 saturated heterocycles. The molecule has 2 aromatic rings. The van der Waals surface area contributed by atoms with E-state index in [-0.39, 0.29) is 25.6 Å². The topological polar surface area (TPSA) is 93.5 Å². The molecular formula is C15H20ClN3O2. The maximum Gasteiger partial charge on any atom is 0.142 e. The predicted octanol–water partition coefficient (Wildman–Crippen LogP) is 2.26. The number of ether oxygens (including phenoxy) is 1. The Balaban J connectivity index is 0.00000220. The molecule has 0 fully saturated rings. The number of benzene rings is 2. The van der Waals surface area contributed by atoms with Gasteiger partial charge in [-0.25, -0.2) is 0 Å². The number of halogens is 1. The SMILES string of the molecule is Cl.Nc1ccc(OCCO)c(NCc2ccccc2N)c1. The zero-order chi connectivity index (χ0) is 14.4. The van der Waals surface area contributed by atoms with Gasteiger partial charge in [0.25, 0.3) is 0 Å². The number of anilines is 3. The summed E-state index contributed by atoms with van der Waals surface area (Å²) in [6.07, 6.45) is 0. The van der Waals surface area contributed by atoms with E-state index in [1.807, 2.05) is 24.3 Å². The third kappa shape index (κ3) is 4.73. The molecule has 0 atom stereocenters. The van der Waals surface area contributed by atoms with E-state index >= 15 is 0 Å². The van der Waals surface area contributed by atoms with Gasteiger partial charge in [-0.3, -0.25) is 0 Å². The summed E-state index contributed by atoms with van der Waals surface area (Å²) in [5.41, 5.74) is 14.9. The van der Waals surface area contributed by atoms with Gasteiger partial charge in [-0.1, -0.05) is 18.2 Å². The summed E-state index contributed by atoms with van der Waals surface area (Å²) in [7, 11) is 0. The molecule has 6 N–H and O–H groups in total. The zero-order valence-corrected chi connectivity index (χ0v) is 12.4. The van der Waals surface area contributed by atoms with E-state index in [9.17, 15) is 0 Å². The van der Waals surface area contributed by atoms with E-state index in [1.165, 1.54) is 0 Å². The number of aliphatic hydroxyl groups is 1. The Kier molecular flexibility index (Phi) is 6.65. The highest BCUT2D eigenvalue weighted by molar-refractivity contribution is 5.85. The van der Waals surface area contributed by atoms with Crippen LogP contribution in [-0.4, -0.2) is 18.3 Å². The first-order chi connectivity index (χ1) is 9.70. The number of nitrogen functional groups attached to an aromatic ring is 2. The highest BCUT2D eigenvalue weighted by Gasteiger charge is 2.05. The number of nitrogens with one attached hydrogen (secondary N) is 1. The number of nitrogens with two attached hydrogens (primary N) is 2. The lowest BCUT2D eigenvalue weighted by atomic mass is 10.1. The lowest BCUT2D eigenvalue weighted by Gasteiger charge is -2.14. The summed E-state index contributed by atoms with van der Waals surface area (Å²) in [4.78, 5) is 0. The van der Waals surface area contributed by atoms with Crippen molar-refractivity contribution < 1.29 is 9.84 Å². The molecule has 0 aliphatic rings. The van der Waals surface area contributed by atoms with Gasteiger partial charge in [0.2, 0.25) is 0 Å². The molecule has 6 heteroatoms. The van der Waals surface area contributed by atoms with Gasteiger partial charge in [0.05, 0.1) is 12.3 Å². The monoisotopic (exact) mass is 309 g/mol. The number of rotatable bonds is 6. The molecule has 21 heavy (non-hydrogen) atoms. The van der Waals surface area contributed by atoms with Crippen LogP contribution < -0.4 is 21.5 Å². The number of aliphatic hydroxyl groups excluding tert-OH is 1. The predicted molar refractivity (Wildman–Crippen MR) is 88.9 cm³/mol. The molecule has 0 amide bonds. The van der Waals surface area contributed by atoms with Crippen LogP contribution in [-0.2, 0) is 6.54 Å². The first kappa shape index (κ1) is 16.9. The van der Waals surface area contributed by atoms with E-state index in [0.717, 1.165) is 16.9 Å². The highest BCUT2D eigenvalue weighted by Crippen LogP contribution is 2.27. The van der Waals surface area contributed by atoms with Gasteiger partial charge in [-0.15, -0.1) is 12.4 Å². The van der Waals surface area contributed by atoms with E-state index < -0.39 is 0 Å². The first-order valence-electron chi connectivity index (χ1n) is 6.41. The molecule has 0 radical (unpaired) electrons. The van der Waals surface area contributed by atoms with Crippen LogP contribution in [0.1, 0.15) is 5.56 Å². The Bertz CT molecular complexity index is 579. The molecule has 0 heterocycles. The maximum atomic E-state index is 8.83. The molecule has 0 bridgehead atoms. The van der Waals surface area contributed by atoms with Crippen LogP contribution in [0.5, 0.6) is 5.75 Å². The smallest absolute Gasteiger partial charge is 0.142 e. The summed E-state index contributed by atoms with van der Waals surface area (Å²) >= 11 is 0. The zero-order valence-electron chi connectivity index (χ0n) is 11.6. The summed E-state index contributed by atoms with van der Waals surface area (Å²) in [5.74, 6) is 0.655. The summed E-state index contributed by atoms with van der Waals surface area (Å²) < 4.78 is 5.46.